The third-order valence-electron chi connectivity index (χ3n) is 6.95. The molecule has 0 saturated carbocycles. The molecule has 0 unspecified atom stereocenters. The van der Waals surface area contributed by atoms with Gasteiger partial charge in [-0.25, -0.2) is 5.43 Å². The predicted molar refractivity (Wildman–Crippen MR) is 166 cm³/mol. The second kappa shape index (κ2) is 12.5. The number of halogens is 2. The van der Waals surface area contributed by atoms with E-state index in [2.05, 4.69) is 92.5 Å². The van der Waals surface area contributed by atoms with Gasteiger partial charge in [-0.15, -0.1) is 0 Å². The van der Waals surface area contributed by atoms with E-state index in [0.29, 0.717) is 37.7 Å². The van der Waals surface area contributed by atoms with Crippen molar-refractivity contribution in [2.45, 2.75) is 19.4 Å². The van der Waals surface area contributed by atoms with Crippen LogP contribution >= 0.6 is 31.9 Å². The van der Waals surface area contributed by atoms with Gasteiger partial charge < -0.3 is 19.3 Å². The van der Waals surface area contributed by atoms with E-state index in [-0.39, 0.29) is 0 Å². The van der Waals surface area contributed by atoms with Gasteiger partial charge in [0.2, 0.25) is 17.8 Å². The summed E-state index contributed by atoms with van der Waals surface area (Å²) in [5, 5.41) is 6.82. The lowest BCUT2D eigenvalue weighted by atomic mass is 10.1. The SMILES string of the molecule is Brc1cc(/C=N/Nc2nc(N3CCCC3)nc(N3CCOCC3)n2)cc(Br)c1OCc1cccc2ccccc12. The molecule has 0 amide bonds. The molecule has 3 aromatic carbocycles. The van der Waals surface area contributed by atoms with Crippen LogP contribution in [0.2, 0.25) is 0 Å². The average Bonchev–Trinajstić information content (AvgIpc) is 3.53. The van der Waals surface area contributed by atoms with E-state index in [9.17, 15) is 0 Å². The van der Waals surface area contributed by atoms with E-state index in [1.807, 2.05) is 24.3 Å². The maximum atomic E-state index is 6.22. The fourth-order valence-electron chi connectivity index (χ4n) is 4.89. The highest BCUT2D eigenvalue weighted by Gasteiger charge is 2.21. The molecule has 0 aliphatic carbocycles. The van der Waals surface area contributed by atoms with Gasteiger partial charge in [-0.05, 0) is 78.7 Å². The molecule has 2 saturated heterocycles. The quantitative estimate of drug-likeness (QED) is 0.181. The number of nitrogens with zero attached hydrogens (tertiary/aromatic N) is 6. The molecule has 11 heteroatoms. The topological polar surface area (TPSA) is 88.0 Å². The van der Waals surface area contributed by atoms with Crippen LogP contribution in [-0.4, -0.2) is 60.6 Å². The van der Waals surface area contributed by atoms with Crippen molar-refractivity contribution in [2.75, 3.05) is 54.6 Å². The van der Waals surface area contributed by atoms with Crippen LogP contribution in [0.4, 0.5) is 17.8 Å². The molecule has 206 valence electrons. The number of rotatable bonds is 8. The van der Waals surface area contributed by atoms with Crippen LogP contribution in [0.3, 0.4) is 0 Å². The molecule has 40 heavy (non-hydrogen) atoms. The number of ether oxygens (including phenoxy) is 2. The van der Waals surface area contributed by atoms with Gasteiger partial charge in [0.05, 0.1) is 28.4 Å². The van der Waals surface area contributed by atoms with Crippen LogP contribution in [0.15, 0.2) is 68.6 Å². The number of hydrogen-bond donors (Lipinski definition) is 1. The second-order valence-electron chi connectivity index (χ2n) is 9.66. The number of fused-ring (bicyclic) bond motifs is 1. The molecule has 2 fully saturated rings. The Kier molecular flexibility index (Phi) is 8.40. The van der Waals surface area contributed by atoms with Gasteiger partial charge >= 0.3 is 0 Å². The molecule has 2 aliphatic heterocycles. The monoisotopic (exact) mass is 665 g/mol. The predicted octanol–water partition coefficient (Wildman–Crippen LogP) is 6.01. The number of hydrazone groups is 1. The van der Waals surface area contributed by atoms with E-state index in [4.69, 9.17) is 14.5 Å². The minimum absolute atomic E-state index is 0.419. The average molecular weight is 667 g/mol. The van der Waals surface area contributed by atoms with Crippen molar-refractivity contribution < 1.29 is 9.47 Å². The first-order valence-corrected chi connectivity index (χ1v) is 14.9. The van der Waals surface area contributed by atoms with Crippen molar-refractivity contribution in [1.82, 2.24) is 15.0 Å². The molecule has 4 aromatic rings. The molecule has 0 spiro atoms. The Hall–Kier alpha value is -3.28. The summed E-state index contributed by atoms with van der Waals surface area (Å²) in [6, 6.07) is 18.5. The van der Waals surface area contributed by atoms with E-state index < -0.39 is 0 Å². The lowest BCUT2D eigenvalue weighted by molar-refractivity contribution is 0.122. The van der Waals surface area contributed by atoms with Crippen LogP contribution < -0.4 is 20.0 Å². The van der Waals surface area contributed by atoms with Crippen LogP contribution in [-0.2, 0) is 11.3 Å². The Morgan fingerprint density at radius 3 is 2.30 bits per heavy atom. The third-order valence-corrected chi connectivity index (χ3v) is 8.12. The van der Waals surface area contributed by atoms with E-state index in [1.165, 1.54) is 10.8 Å². The standard InChI is InChI=1S/C29H29Br2N7O2/c30-24-16-20(17-25(31)26(24)40-19-22-8-5-7-21-6-1-2-9-23(21)22)18-32-36-27-33-28(37-10-3-4-11-37)35-29(34-27)38-12-14-39-15-13-38/h1-2,5-9,16-18H,3-4,10-15,19H2,(H,33,34,35,36)/b32-18+. The van der Waals surface area contributed by atoms with Crippen molar-refractivity contribution in [3.8, 4) is 5.75 Å². The van der Waals surface area contributed by atoms with Gasteiger partial charge in [-0.1, -0.05) is 42.5 Å². The van der Waals surface area contributed by atoms with Gasteiger partial charge in [-0.3, -0.25) is 0 Å². The van der Waals surface area contributed by atoms with E-state index >= 15 is 0 Å². The summed E-state index contributed by atoms with van der Waals surface area (Å²) in [4.78, 5) is 18.4. The van der Waals surface area contributed by atoms with Gasteiger partial charge in [-0.2, -0.15) is 20.1 Å². The largest absolute Gasteiger partial charge is 0.487 e. The number of nitrogens with one attached hydrogen (secondary N) is 1. The van der Waals surface area contributed by atoms with Gasteiger partial charge in [0.25, 0.3) is 0 Å². The lowest BCUT2D eigenvalue weighted by Crippen LogP contribution is -2.38. The molecule has 1 N–H and O–H groups in total. The Morgan fingerprint density at radius 2 is 1.55 bits per heavy atom. The highest BCUT2D eigenvalue weighted by atomic mass is 79.9. The Balaban J connectivity index is 1.16. The van der Waals surface area contributed by atoms with Crippen LogP contribution in [0.1, 0.15) is 24.0 Å². The van der Waals surface area contributed by atoms with Crippen molar-refractivity contribution in [2.24, 2.45) is 5.10 Å². The molecule has 3 heterocycles. The minimum atomic E-state index is 0.419. The Morgan fingerprint density at radius 1 is 0.875 bits per heavy atom. The highest BCUT2D eigenvalue weighted by molar-refractivity contribution is 9.11. The molecule has 0 bridgehead atoms. The van der Waals surface area contributed by atoms with E-state index in [1.54, 1.807) is 6.21 Å². The first-order valence-electron chi connectivity index (χ1n) is 13.4. The van der Waals surface area contributed by atoms with Crippen LogP contribution in [0.25, 0.3) is 10.8 Å². The Bertz CT molecular complexity index is 1490. The zero-order valence-electron chi connectivity index (χ0n) is 21.9. The maximum Gasteiger partial charge on any atom is 0.250 e. The first-order chi connectivity index (χ1) is 19.6. The van der Waals surface area contributed by atoms with Crippen molar-refractivity contribution in [3.63, 3.8) is 0 Å². The van der Waals surface area contributed by atoms with Crippen molar-refractivity contribution in [1.29, 1.82) is 0 Å². The summed E-state index contributed by atoms with van der Waals surface area (Å²) in [7, 11) is 0. The molecule has 0 radical (unpaired) electrons. The van der Waals surface area contributed by atoms with Gasteiger partial charge in [0.1, 0.15) is 12.4 Å². The first kappa shape index (κ1) is 26.9. The van der Waals surface area contributed by atoms with E-state index in [0.717, 1.165) is 64.8 Å². The normalized spacial score (nSPS) is 15.8. The zero-order chi connectivity index (χ0) is 27.3. The highest BCUT2D eigenvalue weighted by Crippen LogP contribution is 2.35. The molecule has 0 atom stereocenters. The summed E-state index contributed by atoms with van der Waals surface area (Å²) in [5.74, 6) is 2.49. The summed E-state index contributed by atoms with van der Waals surface area (Å²) in [6.07, 6.45) is 4.02. The lowest BCUT2D eigenvalue weighted by Gasteiger charge is -2.27. The summed E-state index contributed by atoms with van der Waals surface area (Å²) in [5.41, 5.74) is 5.03. The molecular formula is C29H29Br2N7O2. The number of morpholine rings is 1. The molecule has 1 aromatic heterocycles. The maximum absolute atomic E-state index is 6.22. The number of hydrogen-bond acceptors (Lipinski definition) is 9. The van der Waals surface area contributed by atoms with Gasteiger partial charge in [0.15, 0.2) is 0 Å². The summed E-state index contributed by atoms with van der Waals surface area (Å²) >= 11 is 7.34. The fourth-order valence-corrected chi connectivity index (χ4v) is 6.34. The van der Waals surface area contributed by atoms with Crippen molar-refractivity contribution >= 4 is 66.7 Å². The number of anilines is 3. The Labute approximate surface area is 249 Å². The number of benzene rings is 3. The van der Waals surface area contributed by atoms with Crippen molar-refractivity contribution in [3.05, 3.63) is 74.7 Å². The van der Waals surface area contributed by atoms with Crippen LogP contribution in [0, 0.1) is 0 Å². The zero-order valence-corrected chi connectivity index (χ0v) is 25.1. The third kappa shape index (κ3) is 6.21. The molecule has 9 nitrogen and oxygen atoms in total. The summed E-state index contributed by atoms with van der Waals surface area (Å²) < 4.78 is 13.4. The summed E-state index contributed by atoms with van der Waals surface area (Å²) in [6.45, 7) is 5.19. The fraction of sp³-hybridized carbons (Fsp3) is 0.310. The molecule has 2 aliphatic rings. The smallest absolute Gasteiger partial charge is 0.250 e. The number of aromatic nitrogens is 3. The second-order valence-corrected chi connectivity index (χ2v) is 11.4. The minimum Gasteiger partial charge on any atom is -0.487 e. The van der Waals surface area contributed by atoms with Gasteiger partial charge in [0, 0.05) is 26.2 Å². The van der Waals surface area contributed by atoms with Crippen LogP contribution in [0.5, 0.6) is 5.75 Å². The molecule has 6 rings (SSSR count). The molecular weight excluding hydrogens is 638 g/mol.